The van der Waals surface area contributed by atoms with Crippen LogP contribution in [0.4, 0.5) is 10.1 Å². The summed E-state index contributed by atoms with van der Waals surface area (Å²) in [5.74, 6) is -0.637. The van der Waals surface area contributed by atoms with Gasteiger partial charge in [-0.15, -0.1) is 0 Å². The topological polar surface area (TPSA) is 53.2 Å². The highest BCUT2D eigenvalue weighted by Crippen LogP contribution is 2.13. The summed E-state index contributed by atoms with van der Waals surface area (Å²) in [5, 5.41) is 2.54. The molecule has 80 valence electrons. The van der Waals surface area contributed by atoms with Crippen LogP contribution >= 0.6 is 0 Å². The minimum atomic E-state index is -0.420. The Hall–Kier alpha value is -1.46. The molecule has 1 aromatic carbocycles. The standard InChI is InChI=1S/C10H12FN3O/c11-7-3-1-2-4-8(7)13-10(15)9-5-6-12-14-9/h1-4,9,12,14H,5-6H2,(H,13,15). The lowest BCUT2D eigenvalue weighted by atomic mass is 10.2. The summed E-state index contributed by atoms with van der Waals surface area (Å²) in [5.41, 5.74) is 5.88. The number of hydrogen-bond acceptors (Lipinski definition) is 3. The molecule has 0 saturated carbocycles. The largest absolute Gasteiger partial charge is 0.322 e. The van der Waals surface area contributed by atoms with Crippen LogP contribution in [-0.2, 0) is 4.79 Å². The van der Waals surface area contributed by atoms with Crippen molar-refractivity contribution in [3.8, 4) is 0 Å². The van der Waals surface area contributed by atoms with Crippen LogP contribution in [0, 0.1) is 5.82 Å². The van der Waals surface area contributed by atoms with Gasteiger partial charge in [-0.05, 0) is 18.6 Å². The molecule has 1 fully saturated rings. The Kier molecular flexibility index (Phi) is 2.94. The van der Waals surface area contributed by atoms with E-state index in [0.29, 0.717) is 6.42 Å². The maximum Gasteiger partial charge on any atom is 0.242 e. The number of anilines is 1. The van der Waals surface area contributed by atoms with E-state index in [9.17, 15) is 9.18 Å². The van der Waals surface area contributed by atoms with E-state index < -0.39 is 5.82 Å². The molecule has 2 rings (SSSR count). The average Bonchev–Trinajstić information content (AvgIpc) is 2.74. The van der Waals surface area contributed by atoms with Crippen LogP contribution in [0.15, 0.2) is 24.3 Å². The molecule has 1 saturated heterocycles. The highest BCUT2D eigenvalue weighted by molar-refractivity contribution is 5.95. The van der Waals surface area contributed by atoms with Crippen molar-refractivity contribution in [2.75, 3.05) is 11.9 Å². The molecule has 0 aliphatic carbocycles. The van der Waals surface area contributed by atoms with Crippen molar-refractivity contribution < 1.29 is 9.18 Å². The summed E-state index contributed by atoms with van der Waals surface area (Å²) in [6, 6.07) is 5.83. The Morgan fingerprint density at radius 3 is 2.93 bits per heavy atom. The van der Waals surface area contributed by atoms with Crippen molar-refractivity contribution in [3.05, 3.63) is 30.1 Å². The molecule has 15 heavy (non-hydrogen) atoms. The van der Waals surface area contributed by atoms with Gasteiger partial charge in [-0.25, -0.2) is 9.82 Å². The smallest absolute Gasteiger partial charge is 0.242 e. The minimum Gasteiger partial charge on any atom is -0.322 e. The number of halogens is 1. The van der Waals surface area contributed by atoms with Gasteiger partial charge < -0.3 is 5.32 Å². The molecule has 1 atom stereocenters. The van der Waals surface area contributed by atoms with Crippen molar-refractivity contribution in [1.29, 1.82) is 0 Å². The van der Waals surface area contributed by atoms with Gasteiger partial charge in [0.25, 0.3) is 0 Å². The van der Waals surface area contributed by atoms with Gasteiger partial charge in [0.1, 0.15) is 11.9 Å². The third-order valence-electron chi connectivity index (χ3n) is 2.28. The molecule has 1 heterocycles. The second kappa shape index (κ2) is 4.37. The third kappa shape index (κ3) is 2.31. The summed E-state index contributed by atoms with van der Waals surface area (Å²) < 4.78 is 13.2. The summed E-state index contributed by atoms with van der Waals surface area (Å²) in [6.45, 7) is 0.745. The van der Waals surface area contributed by atoms with Gasteiger partial charge in [0.05, 0.1) is 5.69 Å². The fraction of sp³-hybridized carbons (Fsp3) is 0.300. The number of amides is 1. The normalized spacial score (nSPS) is 20.2. The molecular formula is C10H12FN3O. The van der Waals surface area contributed by atoms with Crippen LogP contribution in [0.2, 0.25) is 0 Å². The van der Waals surface area contributed by atoms with Crippen LogP contribution in [0.25, 0.3) is 0 Å². The first-order valence-electron chi connectivity index (χ1n) is 4.81. The zero-order chi connectivity index (χ0) is 10.7. The zero-order valence-electron chi connectivity index (χ0n) is 8.09. The van der Waals surface area contributed by atoms with Gasteiger partial charge in [-0.1, -0.05) is 12.1 Å². The minimum absolute atomic E-state index is 0.217. The van der Waals surface area contributed by atoms with Crippen molar-refractivity contribution in [2.24, 2.45) is 0 Å². The van der Waals surface area contributed by atoms with Crippen molar-refractivity contribution >= 4 is 11.6 Å². The van der Waals surface area contributed by atoms with Gasteiger partial charge in [0, 0.05) is 6.54 Å². The first kappa shape index (κ1) is 10.1. The van der Waals surface area contributed by atoms with Gasteiger partial charge in [-0.2, -0.15) is 0 Å². The lowest BCUT2D eigenvalue weighted by Crippen LogP contribution is -2.39. The summed E-state index contributed by atoms with van der Waals surface area (Å²) in [4.78, 5) is 11.6. The molecule has 0 aromatic heterocycles. The molecular weight excluding hydrogens is 197 g/mol. The van der Waals surface area contributed by atoms with Crippen molar-refractivity contribution in [3.63, 3.8) is 0 Å². The van der Waals surface area contributed by atoms with E-state index in [2.05, 4.69) is 16.2 Å². The molecule has 3 N–H and O–H groups in total. The third-order valence-corrected chi connectivity index (χ3v) is 2.28. The predicted octanol–water partition coefficient (Wildman–Crippen LogP) is 0.631. The highest BCUT2D eigenvalue weighted by atomic mass is 19.1. The van der Waals surface area contributed by atoms with Gasteiger partial charge in [-0.3, -0.25) is 10.2 Å². The lowest BCUT2D eigenvalue weighted by Gasteiger charge is -2.10. The first-order valence-corrected chi connectivity index (χ1v) is 4.81. The fourth-order valence-electron chi connectivity index (χ4n) is 1.46. The number of benzene rings is 1. The Labute approximate surface area is 86.8 Å². The Bertz CT molecular complexity index is 363. The fourth-order valence-corrected chi connectivity index (χ4v) is 1.46. The number of hydrazine groups is 1. The van der Waals surface area contributed by atoms with E-state index in [1.807, 2.05) is 0 Å². The molecule has 0 bridgehead atoms. The SMILES string of the molecule is O=C(Nc1ccccc1F)C1CCNN1. The van der Waals surface area contributed by atoms with Gasteiger partial charge in [0.15, 0.2) is 0 Å². The molecule has 1 aliphatic heterocycles. The molecule has 1 unspecified atom stereocenters. The summed E-state index contributed by atoms with van der Waals surface area (Å²) in [7, 11) is 0. The molecule has 0 radical (unpaired) electrons. The maximum atomic E-state index is 13.2. The Morgan fingerprint density at radius 2 is 2.27 bits per heavy atom. The van der Waals surface area contributed by atoms with E-state index >= 15 is 0 Å². The zero-order valence-corrected chi connectivity index (χ0v) is 8.09. The van der Waals surface area contributed by atoms with Crippen LogP contribution in [-0.4, -0.2) is 18.5 Å². The molecule has 1 aliphatic rings. The lowest BCUT2D eigenvalue weighted by molar-refractivity contribution is -0.117. The highest BCUT2D eigenvalue weighted by Gasteiger charge is 2.22. The number of para-hydroxylation sites is 1. The van der Waals surface area contributed by atoms with Crippen LogP contribution in [0.1, 0.15) is 6.42 Å². The number of nitrogens with one attached hydrogen (secondary N) is 3. The van der Waals surface area contributed by atoms with Crippen LogP contribution in [0.5, 0.6) is 0 Å². The molecule has 5 heteroatoms. The molecule has 0 spiro atoms. The molecule has 1 amide bonds. The maximum absolute atomic E-state index is 13.2. The van der Waals surface area contributed by atoms with E-state index in [1.165, 1.54) is 12.1 Å². The van der Waals surface area contributed by atoms with Crippen molar-refractivity contribution in [1.82, 2.24) is 10.9 Å². The monoisotopic (exact) mass is 209 g/mol. The summed E-state index contributed by atoms with van der Waals surface area (Å²) in [6.07, 6.45) is 0.709. The van der Waals surface area contributed by atoms with Crippen LogP contribution < -0.4 is 16.2 Å². The average molecular weight is 209 g/mol. The van der Waals surface area contributed by atoms with Gasteiger partial charge >= 0.3 is 0 Å². The van der Waals surface area contributed by atoms with Gasteiger partial charge in [0.2, 0.25) is 5.91 Å². The quantitative estimate of drug-likeness (QED) is 0.669. The second-order valence-corrected chi connectivity index (χ2v) is 3.38. The van der Waals surface area contributed by atoms with E-state index in [-0.39, 0.29) is 17.6 Å². The number of carbonyl (C=O) groups is 1. The van der Waals surface area contributed by atoms with E-state index in [4.69, 9.17) is 0 Å². The molecule has 1 aromatic rings. The first-order chi connectivity index (χ1) is 7.27. The van der Waals surface area contributed by atoms with Crippen LogP contribution in [0.3, 0.4) is 0 Å². The van der Waals surface area contributed by atoms with Crippen molar-refractivity contribution in [2.45, 2.75) is 12.5 Å². The Balaban J connectivity index is 2.02. The van der Waals surface area contributed by atoms with E-state index in [1.54, 1.807) is 12.1 Å². The Morgan fingerprint density at radius 1 is 1.47 bits per heavy atom. The number of rotatable bonds is 2. The summed E-state index contributed by atoms with van der Waals surface area (Å²) >= 11 is 0. The number of carbonyl (C=O) groups excluding carboxylic acids is 1. The van der Waals surface area contributed by atoms with E-state index in [0.717, 1.165) is 6.54 Å². The number of hydrogen-bond donors (Lipinski definition) is 3. The predicted molar refractivity (Wildman–Crippen MR) is 54.6 cm³/mol. The second-order valence-electron chi connectivity index (χ2n) is 3.38. The molecule has 4 nitrogen and oxygen atoms in total.